The van der Waals surface area contributed by atoms with E-state index in [9.17, 15) is 0 Å². The van der Waals surface area contributed by atoms with Crippen LogP contribution in [0.4, 0.5) is 5.69 Å². The molecule has 1 aromatic heterocycles. The fourth-order valence-corrected chi connectivity index (χ4v) is 2.53. The highest BCUT2D eigenvalue weighted by Crippen LogP contribution is 2.27. The number of rotatable bonds is 6. The first kappa shape index (κ1) is 14.1. The highest BCUT2D eigenvalue weighted by molar-refractivity contribution is 6.31. The lowest BCUT2D eigenvalue weighted by Crippen LogP contribution is -2.15. The topological polar surface area (TPSA) is 24.9 Å². The molecule has 0 bridgehead atoms. The van der Waals surface area contributed by atoms with E-state index in [1.165, 1.54) is 25.7 Å². The Kier molecular flexibility index (Phi) is 5.03. The van der Waals surface area contributed by atoms with Crippen molar-refractivity contribution in [1.82, 2.24) is 4.98 Å². The van der Waals surface area contributed by atoms with Crippen molar-refractivity contribution in [2.45, 2.75) is 45.6 Å². The molecule has 0 saturated carbocycles. The van der Waals surface area contributed by atoms with Crippen molar-refractivity contribution in [1.29, 1.82) is 0 Å². The molecule has 0 saturated heterocycles. The fourth-order valence-electron chi connectivity index (χ4n) is 2.30. The van der Waals surface area contributed by atoms with Gasteiger partial charge in [-0.2, -0.15) is 0 Å². The monoisotopic (exact) mass is 276 g/mol. The molecule has 1 atom stereocenters. The van der Waals surface area contributed by atoms with Crippen LogP contribution in [-0.4, -0.2) is 11.0 Å². The molecule has 1 heterocycles. The summed E-state index contributed by atoms with van der Waals surface area (Å²) in [4.78, 5) is 4.45. The molecule has 102 valence electrons. The van der Waals surface area contributed by atoms with Crippen molar-refractivity contribution in [2.75, 3.05) is 5.32 Å². The second kappa shape index (κ2) is 6.76. The van der Waals surface area contributed by atoms with E-state index in [0.29, 0.717) is 6.04 Å². The molecular weight excluding hydrogens is 256 g/mol. The van der Waals surface area contributed by atoms with Gasteiger partial charge in [0.1, 0.15) is 0 Å². The van der Waals surface area contributed by atoms with Crippen molar-refractivity contribution >= 4 is 28.2 Å². The zero-order chi connectivity index (χ0) is 13.7. The van der Waals surface area contributed by atoms with Gasteiger partial charge in [0, 0.05) is 22.6 Å². The van der Waals surface area contributed by atoms with Crippen LogP contribution >= 0.6 is 11.6 Å². The van der Waals surface area contributed by atoms with Crippen LogP contribution in [0.2, 0.25) is 5.02 Å². The Morgan fingerprint density at radius 2 is 2.16 bits per heavy atom. The molecule has 0 radical (unpaired) electrons. The number of nitrogens with zero attached hydrogens (tertiary/aromatic N) is 1. The molecule has 0 fully saturated rings. The van der Waals surface area contributed by atoms with Crippen LogP contribution in [0.3, 0.4) is 0 Å². The van der Waals surface area contributed by atoms with Gasteiger partial charge >= 0.3 is 0 Å². The van der Waals surface area contributed by atoms with Gasteiger partial charge in [0.15, 0.2) is 0 Å². The molecule has 1 unspecified atom stereocenters. The largest absolute Gasteiger partial charge is 0.381 e. The molecule has 3 heteroatoms. The van der Waals surface area contributed by atoms with Gasteiger partial charge in [-0.3, -0.25) is 4.98 Å². The van der Waals surface area contributed by atoms with E-state index in [0.717, 1.165) is 21.6 Å². The molecule has 0 spiro atoms. The Bertz CT molecular complexity index is 539. The van der Waals surface area contributed by atoms with Crippen LogP contribution in [0.5, 0.6) is 0 Å². The first-order valence-electron chi connectivity index (χ1n) is 7.01. The van der Waals surface area contributed by atoms with Crippen LogP contribution in [-0.2, 0) is 0 Å². The summed E-state index contributed by atoms with van der Waals surface area (Å²) in [5.74, 6) is 0. The minimum absolute atomic E-state index is 0.440. The molecule has 0 aliphatic heterocycles. The van der Waals surface area contributed by atoms with Gasteiger partial charge < -0.3 is 5.32 Å². The summed E-state index contributed by atoms with van der Waals surface area (Å²) in [5.41, 5.74) is 2.03. The maximum Gasteiger partial charge on any atom is 0.0934 e. The molecule has 2 nitrogen and oxygen atoms in total. The van der Waals surface area contributed by atoms with Crippen LogP contribution in [0.15, 0.2) is 30.5 Å². The van der Waals surface area contributed by atoms with E-state index in [-0.39, 0.29) is 0 Å². The SMILES string of the molecule is CCCCCC(C)Nc1cc(Cl)cc2cccnc12. The predicted octanol–water partition coefficient (Wildman–Crippen LogP) is 5.27. The zero-order valence-corrected chi connectivity index (χ0v) is 12.4. The first-order chi connectivity index (χ1) is 9.20. The van der Waals surface area contributed by atoms with E-state index in [4.69, 9.17) is 11.6 Å². The summed E-state index contributed by atoms with van der Waals surface area (Å²) in [6, 6.07) is 8.34. The predicted molar refractivity (Wildman–Crippen MR) is 84.0 cm³/mol. The van der Waals surface area contributed by atoms with E-state index >= 15 is 0 Å². The molecule has 0 aliphatic rings. The van der Waals surface area contributed by atoms with Crippen molar-refractivity contribution in [3.05, 3.63) is 35.5 Å². The Morgan fingerprint density at radius 1 is 1.32 bits per heavy atom. The summed E-state index contributed by atoms with van der Waals surface area (Å²) in [5, 5.41) is 5.37. The number of benzene rings is 1. The van der Waals surface area contributed by atoms with Gasteiger partial charge in [0.05, 0.1) is 11.2 Å². The van der Waals surface area contributed by atoms with Crippen LogP contribution < -0.4 is 5.32 Å². The minimum atomic E-state index is 0.440. The van der Waals surface area contributed by atoms with Gasteiger partial charge in [0.25, 0.3) is 0 Å². The quantitative estimate of drug-likeness (QED) is 0.727. The van der Waals surface area contributed by atoms with E-state index in [2.05, 4.69) is 24.1 Å². The average molecular weight is 277 g/mol. The summed E-state index contributed by atoms with van der Waals surface area (Å²) in [6.45, 7) is 4.44. The average Bonchev–Trinajstić information content (AvgIpc) is 2.39. The summed E-state index contributed by atoms with van der Waals surface area (Å²) < 4.78 is 0. The number of aromatic nitrogens is 1. The van der Waals surface area contributed by atoms with Crippen molar-refractivity contribution in [2.24, 2.45) is 0 Å². The highest BCUT2D eigenvalue weighted by Gasteiger charge is 2.07. The zero-order valence-electron chi connectivity index (χ0n) is 11.6. The van der Waals surface area contributed by atoms with Gasteiger partial charge in [-0.1, -0.05) is 43.9 Å². The molecule has 1 aromatic carbocycles. The van der Waals surface area contributed by atoms with Crippen molar-refractivity contribution < 1.29 is 0 Å². The van der Waals surface area contributed by atoms with Gasteiger partial charge in [0.2, 0.25) is 0 Å². The first-order valence-corrected chi connectivity index (χ1v) is 7.39. The molecule has 2 aromatic rings. The van der Waals surface area contributed by atoms with Gasteiger partial charge in [-0.05, 0) is 31.5 Å². The molecule has 0 aliphatic carbocycles. The molecule has 19 heavy (non-hydrogen) atoms. The van der Waals surface area contributed by atoms with Gasteiger partial charge in [-0.15, -0.1) is 0 Å². The third-order valence-corrected chi connectivity index (χ3v) is 3.53. The number of hydrogen-bond donors (Lipinski definition) is 1. The number of anilines is 1. The van der Waals surface area contributed by atoms with E-state index < -0.39 is 0 Å². The number of unbranched alkanes of at least 4 members (excludes halogenated alkanes) is 2. The smallest absolute Gasteiger partial charge is 0.0934 e. The Balaban J connectivity index is 2.15. The second-order valence-corrected chi connectivity index (χ2v) is 5.51. The van der Waals surface area contributed by atoms with Crippen LogP contribution in [0, 0.1) is 0 Å². The van der Waals surface area contributed by atoms with Crippen LogP contribution in [0.25, 0.3) is 10.9 Å². The molecule has 2 rings (SSSR count). The van der Waals surface area contributed by atoms with Gasteiger partial charge in [-0.25, -0.2) is 0 Å². The second-order valence-electron chi connectivity index (χ2n) is 5.07. The number of pyridine rings is 1. The lowest BCUT2D eigenvalue weighted by atomic mass is 10.1. The number of fused-ring (bicyclic) bond motifs is 1. The van der Waals surface area contributed by atoms with Crippen LogP contribution in [0.1, 0.15) is 39.5 Å². The third-order valence-electron chi connectivity index (χ3n) is 3.31. The molecule has 0 amide bonds. The highest BCUT2D eigenvalue weighted by atomic mass is 35.5. The minimum Gasteiger partial charge on any atom is -0.381 e. The lowest BCUT2D eigenvalue weighted by Gasteiger charge is -2.16. The van der Waals surface area contributed by atoms with E-state index in [1.807, 2.05) is 30.5 Å². The maximum absolute atomic E-state index is 6.17. The lowest BCUT2D eigenvalue weighted by molar-refractivity contribution is 0.615. The maximum atomic E-state index is 6.17. The summed E-state index contributed by atoms with van der Waals surface area (Å²) >= 11 is 6.17. The Labute approximate surface area is 120 Å². The standard InChI is InChI=1S/C16H21ClN2/c1-3-4-5-7-12(2)19-15-11-14(17)10-13-8-6-9-18-16(13)15/h6,8-12,19H,3-5,7H2,1-2H3. The normalized spacial score (nSPS) is 12.6. The molecule has 1 N–H and O–H groups in total. The third kappa shape index (κ3) is 3.84. The molecular formula is C16H21ClN2. The summed E-state index contributed by atoms with van der Waals surface area (Å²) in [6.07, 6.45) is 6.81. The van der Waals surface area contributed by atoms with Crippen molar-refractivity contribution in [3.8, 4) is 0 Å². The Hall–Kier alpha value is -1.28. The Morgan fingerprint density at radius 3 is 2.95 bits per heavy atom. The van der Waals surface area contributed by atoms with E-state index in [1.54, 1.807) is 0 Å². The summed E-state index contributed by atoms with van der Waals surface area (Å²) in [7, 11) is 0. The number of halogens is 1. The fraction of sp³-hybridized carbons (Fsp3) is 0.438. The number of nitrogens with one attached hydrogen (secondary N) is 1. The van der Waals surface area contributed by atoms with Crippen molar-refractivity contribution in [3.63, 3.8) is 0 Å². The number of hydrogen-bond acceptors (Lipinski definition) is 2.